The van der Waals surface area contributed by atoms with Crippen molar-refractivity contribution >= 4 is 28.1 Å². The van der Waals surface area contributed by atoms with Gasteiger partial charge in [-0.3, -0.25) is 0 Å². The monoisotopic (exact) mass is 574 g/mol. The lowest BCUT2D eigenvalue weighted by atomic mass is 10.1. The Morgan fingerprint density at radius 2 is 1.50 bits per heavy atom. The number of benzene rings is 4. The van der Waals surface area contributed by atoms with E-state index in [1.807, 2.05) is 66.7 Å². The van der Waals surface area contributed by atoms with Crippen LogP contribution < -0.4 is 4.90 Å². The lowest BCUT2D eigenvalue weighted by molar-refractivity contribution is 0.0527. The normalized spacial score (nSPS) is 10.9. The van der Waals surface area contributed by atoms with Crippen LogP contribution >= 0.6 is 11.3 Å². The van der Waals surface area contributed by atoms with Crippen molar-refractivity contribution in [2.45, 2.75) is 13.5 Å². The molecule has 2 aromatic heterocycles. The van der Waals surface area contributed by atoms with E-state index in [0.29, 0.717) is 29.2 Å². The molecule has 6 aromatic rings. The van der Waals surface area contributed by atoms with Crippen molar-refractivity contribution in [1.82, 2.24) is 14.8 Å². The molecule has 0 spiro atoms. The maximum Gasteiger partial charge on any atom is 0.342 e. The molecule has 0 amide bonds. The van der Waals surface area contributed by atoms with Crippen LogP contribution in [0.4, 0.5) is 15.2 Å². The molecule has 0 bridgehead atoms. The average Bonchev–Trinajstić information content (AvgIpc) is 3.67. The Morgan fingerprint density at radius 1 is 0.857 bits per heavy atom. The number of anilines is 2. The zero-order valence-electron chi connectivity index (χ0n) is 22.9. The van der Waals surface area contributed by atoms with Crippen molar-refractivity contribution in [3.8, 4) is 27.5 Å². The third-order valence-corrected chi connectivity index (χ3v) is 7.75. The highest BCUT2D eigenvalue weighted by Gasteiger charge is 2.27. The Kier molecular flexibility index (Phi) is 7.87. The van der Waals surface area contributed by atoms with Gasteiger partial charge in [0.2, 0.25) is 0 Å². The van der Waals surface area contributed by atoms with E-state index in [1.165, 1.54) is 23.5 Å². The fourth-order valence-corrected chi connectivity index (χ4v) is 5.75. The van der Waals surface area contributed by atoms with Gasteiger partial charge in [-0.2, -0.15) is 5.10 Å². The molecule has 208 valence electrons. The molecule has 0 aliphatic heterocycles. The SMILES string of the molecule is CCOC(=O)c1cn(-c2ccc(F)cc2)nc1-c1sc(N(Cc2ccccc2)c2ccccc2)nc1-c1ccccc1. The standard InChI is InChI=1S/C34H27FN4O2S/c1-2-41-33(40)29-23-39(28-20-18-26(35)19-21-28)37-31(29)32-30(25-14-8-4-9-15-25)36-34(42-32)38(27-16-10-5-11-17-27)22-24-12-6-3-7-13-24/h3-21,23H,2,22H2,1H3. The van der Waals surface area contributed by atoms with E-state index >= 15 is 0 Å². The molecule has 0 aliphatic rings. The zero-order chi connectivity index (χ0) is 28.9. The minimum atomic E-state index is -0.487. The van der Waals surface area contributed by atoms with Gasteiger partial charge in [0.1, 0.15) is 17.1 Å². The second-order valence-electron chi connectivity index (χ2n) is 9.48. The summed E-state index contributed by atoms with van der Waals surface area (Å²) in [4.78, 5) is 21.3. The van der Waals surface area contributed by atoms with Crippen molar-refractivity contribution in [3.05, 3.63) is 138 Å². The van der Waals surface area contributed by atoms with Crippen LogP contribution in [-0.4, -0.2) is 27.3 Å². The van der Waals surface area contributed by atoms with Crippen LogP contribution in [0.25, 0.3) is 27.5 Å². The molecule has 8 heteroatoms. The molecule has 42 heavy (non-hydrogen) atoms. The molecule has 0 unspecified atom stereocenters. The number of nitrogens with zero attached hydrogens (tertiary/aromatic N) is 4. The summed E-state index contributed by atoms with van der Waals surface area (Å²) < 4.78 is 20.7. The molecule has 0 atom stereocenters. The number of thiazole rings is 1. The minimum absolute atomic E-state index is 0.221. The molecule has 0 aliphatic carbocycles. The summed E-state index contributed by atoms with van der Waals surface area (Å²) in [5.74, 6) is -0.839. The van der Waals surface area contributed by atoms with Gasteiger partial charge in [0, 0.05) is 17.4 Å². The first-order valence-corrected chi connectivity index (χ1v) is 14.4. The second-order valence-corrected chi connectivity index (χ2v) is 10.5. The van der Waals surface area contributed by atoms with Crippen molar-refractivity contribution in [3.63, 3.8) is 0 Å². The third kappa shape index (κ3) is 5.70. The maximum atomic E-state index is 13.7. The molecule has 0 radical (unpaired) electrons. The number of hydrogen-bond acceptors (Lipinski definition) is 6. The quantitative estimate of drug-likeness (QED) is 0.163. The van der Waals surface area contributed by atoms with E-state index in [1.54, 1.807) is 29.9 Å². The topological polar surface area (TPSA) is 60.3 Å². The number of esters is 1. The number of carbonyl (C=O) groups is 1. The molecular formula is C34H27FN4O2S. The summed E-state index contributed by atoms with van der Waals surface area (Å²) in [6.45, 7) is 2.59. The number of carbonyl (C=O) groups excluding carboxylic acids is 1. The minimum Gasteiger partial charge on any atom is -0.462 e. The number of aromatic nitrogens is 3. The molecule has 0 saturated carbocycles. The predicted octanol–water partition coefficient (Wildman–Crippen LogP) is 8.32. The molecule has 6 rings (SSSR count). The fraction of sp³-hybridized carbons (Fsp3) is 0.0882. The van der Waals surface area contributed by atoms with Crippen molar-refractivity contribution in [1.29, 1.82) is 0 Å². The molecule has 0 N–H and O–H groups in total. The Bertz CT molecular complexity index is 1790. The highest BCUT2D eigenvalue weighted by atomic mass is 32.1. The van der Waals surface area contributed by atoms with Crippen LogP contribution in [0.5, 0.6) is 0 Å². The van der Waals surface area contributed by atoms with Crippen LogP contribution in [0.15, 0.2) is 121 Å². The summed E-state index contributed by atoms with van der Waals surface area (Å²) in [6, 6.07) is 36.1. The number of para-hydroxylation sites is 1. The van der Waals surface area contributed by atoms with E-state index in [9.17, 15) is 9.18 Å². The van der Waals surface area contributed by atoms with Gasteiger partial charge >= 0.3 is 5.97 Å². The smallest absolute Gasteiger partial charge is 0.342 e. The van der Waals surface area contributed by atoms with E-state index in [0.717, 1.165) is 26.8 Å². The van der Waals surface area contributed by atoms with Crippen LogP contribution in [0.3, 0.4) is 0 Å². The number of hydrogen-bond donors (Lipinski definition) is 0. The summed E-state index contributed by atoms with van der Waals surface area (Å²) in [5, 5.41) is 5.60. The van der Waals surface area contributed by atoms with Gasteiger partial charge in [-0.25, -0.2) is 18.9 Å². The molecule has 6 nitrogen and oxygen atoms in total. The summed E-state index contributed by atoms with van der Waals surface area (Å²) in [7, 11) is 0. The lowest BCUT2D eigenvalue weighted by Gasteiger charge is -2.22. The summed E-state index contributed by atoms with van der Waals surface area (Å²) in [5.41, 5.74) is 5.11. The van der Waals surface area contributed by atoms with E-state index in [-0.39, 0.29) is 12.4 Å². The largest absolute Gasteiger partial charge is 0.462 e. The van der Waals surface area contributed by atoms with E-state index in [2.05, 4.69) is 29.2 Å². The first kappa shape index (κ1) is 27.1. The Labute approximate surface area is 247 Å². The lowest BCUT2D eigenvalue weighted by Crippen LogP contribution is -2.16. The molecule has 4 aromatic carbocycles. The maximum absolute atomic E-state index is 13.7. The Hall–Kier alpha value is -5.08. The molecule has 0 saturated heterocycles. The summed E-state index contributed by atoms with van der Waals surface area (Å²) in [6.07, 6.45) is 1.63. The number of halogens is 1. The number of ether oxygens (including phenoxy) is 1. The van der Waals surface area contributed by atoms with Crippen LogP contribution in [0.2, 0.25) is 0 Å². The van der Waals surface area contributed by atoms with Crippen molar-refractivity contribution in [2.24, 2.45) is 0 Å². The van der Waals surface area contributed by atoms with E-state index < -0.39 is 5.97 Å². The molecular weight excluding hydrogens is 547 g/mol. The molecule has 2 heterocycles. The predicted molar refractivity (Wildman–Crippen MR) is 165 cm³/mol. The first-order chi connectivity index (χ1) is 20.6. The third-order valence-electron chi connectivity index (χ3n) is 6.66. The Balaban J connectivity index is 1.55. The van der Waals surface area contributed by atoms with Gasteiger partial charge < -0.3 is 9.64 Å². The second kappa shape index (κ2) is 12.2. The molecule has 0 fully saturated rings. The van der Waals surface area contributed by atoms with E-state index in [4.69, 9.17) is 14.8 Å². The Morgan fingerprint density at radius 3 is 2.17 bits per heavy atom. The van der Waals surface area contributed by atoms with Gasteiger partial charge in [0.05, 0.1) is 29.4 Å². The zero-order valence-corrected chi connectivity index (χ0v) is 23.7. The van der Waals surface area contributed by atoms with Crippen LogP contribution in [-0.2, 0) is 11.3 Å². The summed E-state index contributed by atoms with van der Waals surface area (Å²) >= 11 is 1.46. The van der Waals surface area contributed by atoms with Crippen LogP contribution in [0, 0.1) is 5.82 Å². The van der Waals surface area contributed by atoms with Gasteiger partial charge in [0.15, 0.2) is 5.13 Å². The fourth-order valence-electron chi connectivity index (χ4n) is 4.65. The number of rotatable bonds is 9. The first-order valence-electron chi connectivity index (χ1n) is 13.6. The van der Waals surface area contributed by atoms with Gasteiger partial charge in [0.25, 0.3) is 0 Å². The average molecular weight is 575 g/mol. The highest BCUT2D eigenvalue weighted by Crippen LogP contribution is 2.43. The van der Waals surface area contributed by atoms with Crippen LogP contribution in [0.1, 0.15) is 22.8 Å². The van der Waals surface area contributed by atoms with Gasteiger partial charge in [-0.05, 0) is 48.9 Å². The highest BCUT2D eigenvalue weighted by molar-refractivity contribution is 7.19. The van der Waals surface area contributed by atoms with Crippen molar-refractivity contribution in [2.75, 3.05) is 11.5 Å². The van der Waals surface area contributed by atoms with Crippen molar-refractivity contribution < 1.29 is 13.9 Å². The van der Waals surface area contributed by atoms with Gasteiger partial charge in [-0.1, -0.05) is 90.2 Å². The van der Waals surface area contributed by atoms with Gasteiger partial charge in [-0.15, -0.1) is 0 Å².